The normalized spacial score (nSPS) is 20.4. The van der Waals surface area contributed by atoms with Crippen LogP contribution in [-0.2, 0) is 4.79 Å². The highest BCUT2D eigenvalue weighted by Crippen LogP contribution is 2.41. The van der Waals surface area contributed by atoms with Crippen molar-refractivity contribution in [2.45, 2.75) is 12.5 Å². The second-order valence-electron chi connectivity index (χ2n) is 9.33. The molecule has 0 N–H and O–H groups in total. The van der Waals surface area contributed by atoms with Crippen LogP contribution in [0.2, 0.25) is 0 Å². The van der Waals surface area contributed by atoms with Crippen molar-refractivity contribution in [2.24, 2.45) is 16.0 Å². The van der Waals surface area contributed by atoms with Gasteiger partial charge in [-0.1, -0.05) is 76.1 Å². The monoisotopic (exact) mass is 599 g/mol. The van der Waals surface area contributed by atoms with E-state index in [0.717, 1.165) is 21.2 Å². The number of carbonyl (C=O) groups is 2. The summed E-state index contributed by atoms with van der Waals surface area (Å²) in [5, 5.41) is 6.69. The van der Waals surface area contributed by atoms with Gasteiger partial charge >= 0.3 is 0 Å². The van der Waals surface area contributed by atoms with E-state index in [1.165, 1.54) is 29.3 Å². The summed E-state index contributed by atoms with van der Waals surface area (Å²) in [5.41, 5.74) is 4.17. The van der Waals surface area contributed by atoms with Crippen molar-refractivity contribution in [1.82, 2.24) is 5.01 Å². The smallest absolute Gasteiger partial charge is 0.267 e. The summed E-state index contributed by atoms with van der Waals surface area (Å²) in [6.07, 6.45) is 5.66. The van der Waals surface area contributed by atoms with Gasteiger partial charge in [0.05, 0.1) is 23.0 Å². The van der Waals surface area contributed by atoms with Crippen LogP contribution in [0.4, 0.5) is 4.39 Å². The number of hydrogen-bond donors (Lipinski definition) is 0. The summed E-state index contributed by atoms with van der Waals surface area (Å²) in [4.78, 5) is 31.7. The molecule has 0 radical (unpaired) electrons. The van der Waals surface area contributed by atoms with Gasteiger partial charge in [-0.15, -0.1) is 0 Å². The minimum absolute atomic E-state index is 0.295. The van der Waals surface area contributed by atoms with Crippen molar-refractivity contribution in [3.63, 3.8) is 0 Å². The molecule has 8 heteroatoms. The van der Waals surface area contributed by atoms with Gasteiger partial charge in [-0.3, -0.25) is 9.59 Å². The average Bonchev–Trinajstić information content (AvgIpc) is 3.38. The molecule has 0 saturated heterocycles. The van der Waals surface area contributed by atoms with E-state index in [1.807, 2.05) is 60.7 Å². The first-order valence-electron chi connectivity index (χ1n) is 12.3. The summed E-state index contributed by atoms with van der Waals surface area (Å²) in [6, 6.07) is 22.1. The van der Waals surface area contributed by atoms with Crippen molar-refractivity contribution in [3.8, 4) is 0 Å². The number of aliphatic imine (C=N–C) groups is 1. The van der Waals surface area contributed by atoms with Gasteiger partial charge in [-0.05, 0) is 65.3 Å². The molecule has 0 spiro atoms. The predicted molar refractivity (Wildman–Crippen MR) is 154 cm³/mol. The quantitative estimate of drug-likeness (QED) is 0.316. The lowest BCUT2D eigenvalue weighted by Gasteiger charge is -2.27. The maximum atomic E-state index is 13.7. The highest BCUT2D eigenvalue weighted by Gasteiger charge is 2.40. The van der Waals surface area contributed by atoms with Crippen LogP contribution in [0.1, 0.15) is 33.9 Å². The molecular formula is C31H20BrClFN3O2. The summed E-state index contributed by atoms with van der Waals surface area (Å²) >= 11 is 9.85. The molecule has 6 rings (SSSR count). The van der Waals surface area contributed by atoms with E-state index in [9.17, 15) is 14.0 Å². The lowest BCUT2D eigenvalue weighted by atomic mass is 9.79. The van der Waals surface area contributed by atoms with Crippen LogP contribution in [0.3, 0.4) is 0 Å². The number of dihydropyridines is 1. The fourth-order valence-corrected chi connectivity index (χ4v) is 5.54. The molecule has 3 aromatic carbocycles. The number of nitrogens with zero attached hydrogens (tertiary/aromatic N) is 3. The maximum Gasteiger partial charge on any atom is 0.279 e. The molecule has 0 fully saturated rings. The zero-order valence-electron chi connectivity index (χ0n) is 20.4. The molecule has 0 bridgehead atoms. The van der Waals surface area contributed by atoms with E-state index in [0.29, 0.717) is 34.0 Å². The fraction of sp³-hybridized carbons (Fsp3) is 0.0968. The van der Waals surface area contributed by atoms with Crippen molar-refractivity contribution in [3.05, 3.63) is 135 Å². The Morgan fingerprint density at radius 2 is 1.69 bits per heavy atom. The first-order chi connectivity index (χ1) is 18.9. The van der Waals surface area contributed by atoms with Gasteiger partial charge < -0.3 is 0 Å². The van der Waals surface area contributed by atoms with Crippen LogP contribution in [-0.4, -0.2) is 28.2 Å². The highest BCUT2D eigenvalue weighted by atomic mass is 79.9. The van der Waals surface area contributed by atoms with Crippen LogP contribution in [0, 0.1) is 11.7 Å². The Labute approximate surface area is 237 Å². The van der Waals surface area contributed by atoms with Crippen LogP contribution >= 0.6 is 27.5 Å². The molecule has 2 heterocycles. The number of hydrazone groups is 1. The molecule has 2 aliphatic heterocycles. The second-order valence-corrected chi connectivity index (χ2v) is 10.7. The van der Waals surface area contributed by atoms with E-state index in [4.69, 9.17) is 16.7 Å². The van der Waals surface area contributed by atoms with Crippen LogP contribution in [0.15, 0.2) is 122 Å². The molecule has 2 amide bonds. The van der Waals surface area contributed by atoms with Crippen LogP contribution in [0.25, 0.3) is 5.57 Å². The Morgan fingerprint density at radius 1 is 0.974 bits per heavy atom. The average molecular weight is 601 g/mol. The number of hydrogen-bond acceptors (Lipinski definition) is 3. The topological polar surface area (TPSA) is 62.1 Å². The maximum absolute atomic E-state index is 13.7. The van der Waals surface area contributed by atoms with Gasteiger partial charge in [0.15, 0.2) is 0 Å². The molecule has 1 aliphatic carbocycles. The first-order valence-corrected chi connectivity index (χ1v) is 13.5. The SMILES string of the molecule is O=C1N=C2C=CC(Cl)=CC2C(c2ccccc2)=C1C1=NN(C(=O)c2ccc(F)cc2)C(c2ccc(Br)cc2)C1. The summed E-state index contributed by atoms with van der Waals surface area (Å²) < 4.78 is 14.5. The number of rotatable bonds is 4. The standard InChI is InChI=1S/C31H20BrClFN3O2/c32-21-10-6-18(7-11-21)27-17-26(36-37(27)31(39)20-8-13-23(34)14-9-20)29-28(19-4-2-1-3-5-19)24-16-22(33)12-15-25(24)35-30(29)38/h1-16,24,27H,17H2. The summed E-state index contributed by atoms with van der Waals surface area (Å²) in [7, 11) is 0. The predicted octanol–water partition coefficient (Wildman–Crippen LogP) is 7.28. The van der Waals surface area contributed by atoms with Crippen molar-refractivity contribution < 1.29 is 14.0 Å². The van der Waals surface area contributed by atoms with Gasteiger partial charge in [-0.25, -0.2) is 14.4 Å². The highest BCUT2D eigenvalue weighted by molar-refractivity contribution is 9.10. The number of allylic oxidation sites excluding steroid dienone is 5. The molecule has 5 nitrogen and oxygen atoms in total. The van der Waals surface area contributed by atoms with Crippen LogP contribution in [0.5, 0.6) is 0 Å². The van der Waals surface area contributed by atoms with E-state index < -0.39 is 23.7 Å². The third-order valence-electron chi connectivity index (χ3n) is 6.92. The number of amides is 2. The molecule has 39 heavy (non-hydrogen) atoms. The summed E-state index contributed by atoms with van der Waals surface area (Å²) in [6.45, 7) is 0. The first kappa shape index (κ1) is 25.3. The van der Waals surface area contributed by atoms with Gasteiger partial charge in [0.2, 0.25) is 0 Å². The molecule has 2 atom stereocenters. The Morgan fingerprint density at radius 3 is 2.41 bits per heavy atom. The zero-order chi connectivity index (χ0) is 27.1. The largest absolute Gasteiger partial charge is 0.279 e. The number of benzene rings is 3. The Balaban J connectivity index is 1.51. The molecular weight excluding hydrogens is 581 g/mol. The second kappa shape index (κ2) is 10.3. The van der Waals surface area contributed by atoms with Gasteiger partial charge in [0.1, 0.15) is 5.82 Å². The van der Waals surface area contributed by atoms with E-state index >= 15 is 0 Å². The number of halogens is 3. The zero-order valence-corrected chi connectivity index (χ0v) is 22.7. The number of fused-ring (bicyclic) bond motifs is 1. The van der Waals surface area contributed by atoms with Crippen molar-refractivity contribution in [1.29, 1.82) is 0 Å². The molecule has 0 saturated carbocycles. The Hall–Kier alpha value is -3.94. The van der Waals surface area contributed by atoms with Gasteiger partial charge in [-0.2, -0.15) is 5.10 Å². The lowest BCUT2D eigenvalue weighted by molar-refractivity contribution is -0.113. The van der Waals surface area contributed by atoms with Gasteiger partial charge in [0.25, 0.3) is 11.8 Å². The van der Waals surface area contributed by atoms with E-state index in [2.05, 4.69) is 20.9 Å². The van der Waals surface area contributed by atoms with Gasteiger partial charge in [0, 0.05) is 27.4 Å². The third-order valence-corrected chi connectivity index (χ3v) is 7.70. The van der Waals surface area contributed by atoms with E-state index in [-0.39, 0.29) is 5.92 Å². The molecule has 3 aliphatic rings. The molecule has 3 aromatic rings. The summed E-state index contributed by atoms with van der Waals surface area (Å²) in [5.74, 6) is -1.58. The molecule has 0 aromatic heterocycles. The lowest BCUT2D eigenvalue weighted by Crippen LogP contribution is -2.27. The molecule has 192 valence electrons. The third kappa shape index (κ3) is 4.84. The minimum atomic E-state index is -0.473. The number of carbonyl (C=O) groups excluding carboxylic acids is 2. The van der Waals surface area contributed by atoms with Crippen molar-refractivity contribution in [2.75, 3.05) is 0 Å². The van der Waals surface area contributed by atoms with Crippen molar-refractivity contribution >= 4 is 56.3 Å². The van der Waals surface area contributed by atoms with E-state index in [1.54, 1.807) is 12.2 Å². The minimum Gasteiger partial charge on any atom is -0.267 e. The van der Waals surface area contributed by atoms with Crippen LogP contribution < -0.4 is 0 Å². The molecule has 2 unspecified atom stereocenters. The fourth-order valence-electron chi connectivity index (χ4n) is 5.09. The Kier molecular flexibility index (Phi) is 6.71. The Bertz CT molecular complexity index is 1640.